The lowest BCUT2D eigenvalue weighted by Gasteiger charge is -2.38. The van der Waals surface area contributed by atoms with Crippen molar-refractivity contribution in [2.45, 2.75) is 24.4 Å². The maximum absolute atomic E-state index is 12.8. The Labute approximate surface area is 138 Å². The average Bonchev–Trinajstić information content (AvgIpc) is 2.62. The third-order valence-electron chi connectivity index (χ3n) is 4.51. The van der Waals surface area contributed by atoms with Crippen molar-refractivity contribution in [3.05, 3.63) is 59.8 Å². The number of piperidine rings is 1. The van der Waals surface area contributed by atoms with Crippen LogP contribution in [0.25, 0.3) is 0 Å². The Morgan fingerprint density at radius 2 is 1.67 bits per heavy atom. The van der Waals surface area contributed by atoms with Crippen LogP contribution < -0.4 is 4.90 Å². The molecule has 3 nitrogen and oxygen atoms in total. The molecular formula is C18H16F3N3. The first-order valence-corrected chi connectivity index (χ1v) is 7.71. The Bertz CT molecular complexity index is 742. The summed E-state index contributed by atoms with van der Waals surface area (Å²) in [6.45, 7) is 0.994. The summed E-state index contributed by atoms with van der Waals surface area (Å²) < 4.78 is 38.4. The van der Waals surface area contributed by atoms with Gasteiger partial charge in [0.05, 0.1) is 11.5 Å². The fourth-order valence-electron chi connectivity index (χ4n) is 3.10. The third-order valence-corrected chi connectivity index (χ3v) is 4.51. The summed E-state index contributed by atoms with van der Waals surface area (Å²) >= 11 is 0. The minimum Gasteiger partial charge on any atom is -0.356 e. The lowest BCUT2D eigenvalue weighted by molar-refractivity contribution is -0.141. The highest BCUT2D eigenvalue weighted by atomic mass is 19.4. The summed E-state index contributed by atoms with van der Waals surface area (Å²) in [7, 11) is 0. The molecule has 1 saturated heterocycles. The summed E-state index contributed by atoms with van der Waals surface area (Å²) in [5.41, 5.74) is -0.510. The molecule has 1 fully saturated rings. The summed E-state index contributed by atoms with van der Waals surface area (Å²) in [6, 6.07) is 15.9. The molecule has 0 unspecified atom stereocenters. The van der Waals surface area contributed by atoms with E-state index in [1.165, 1.54) is 6.07 Å². The molecule has 1 aliphatic rings. The van der Waals surface area contributed by atoms with E-state index in [0.717, 1.165) is 11.6 Å². The van der Waals surface area contributed by atoms with Gasteiger partial charge in [-0.3, -0.25) is 0 Å². The van der Waals surface area contributed by atoms with Crippen LogP contribution in [0.2, 0.25) is 0 Å². The Hall–Kier alpha value is -2.55. The van der Waals surface area contributed by atoms with Crippen LogP contribution in [0.1, 0.15) is 24.1 Å². The van der Waals surface area contributed by atoms with Crippen LogP contribution in [0.3, 0.4) is 0 Å². The van der Waals surface area contributed by atoms with E-state index in [0.29, 0.717) is 31.7 Å². The van der Waals surface area contributed by atoms with Gasteiger partial charge in [0, 0.05) is 13.1 Å². The zero-order valence-electron chi connectivity index (χ0n) is 12.9. The Kier molecular flexibility index (Phi) is 4.18. The van der Waals surface area contributed by atoms with Crippen LogP contribution in [-0.4, -0.2) is 18.1 Å². The lowest BCUT2D eigenvalue weighted by atomic mass is 9.74. The first-order chi connectivity index (χ1) is 11.4. The molecule has 3 rings (SSSR count). The van der Waals surface area contributed by atoms with Crippen LogP contribution in [0, 0.1) is 11.3 Å². The first kappa shape index (κ1) is 16.3. The van der Waals surface area contributed by atoms with Crippen molar-refractivity contribution in [3.63, 3.8) is 0 Å². The lowest BCUT2D eigenvalue weighted by Crippen LogP contribution is -2.42. The number of rotatable bonds is 2. The van der Waals surface area contributed by atoms with Gasteiger partial charge in [0.2, 0.25) is 0 Å². The molecule has 0 spiro atoms. The van der Waals surface area contributed by atoms with E-state index in [-0.39, 0.29) is 0 Å². The molecule has 124 valence electrons. The molecule has 24 heavy (non-hydrogen) atoms. The van der Waals surface area contributed by atoms with E-state index >= 15 is 0 Å². The van der Waals surface area contributed by atoms with Gasteiger partial charge in [-0.25, -0.2) is 4.98 Å². The molecule has 0 radical (unpaired) electrons. The Balaban J connectivity index is 1.79. The van der Waals surface area contributed by atoms with Gasteiger partial charge in [0.1, 0.15) is 11.5 Å². The van der Waals surface area contributed by atoms with Crippen molar-refractivity contribution in [3.8, 4) is 6.07 Å². The van der Waals surface area contributed by atoms with E-state index in [1.54, 1.807) is 6.07 Å². The summed E-state index contributed by atoms with van der Waals surface area (Å²) in [4.78, 5) is 5.55. The number of hydrogen-bond acceptors (Lipinski definition) is 3. The predicted octanol–water partition coefficient (Wildman–Crippen LogP) is 4.16. The van der Waals surface area contributed by atoms with Gasteiger partial charge >= 0.3 is 6.18 Å². The van der Waals surface area contributed by atoms with E-state index in [4.69, 9.17) is 0 Å². The maximum Gasteiger partial charge on any atom is 0.433 e. The van der Waals surface area contributed by atoms with E-state index in [2.05, 4.69) is 11.1 Å². The largest absolute Gasteiger partial charge is 0.433 e. The normalized spacial score (nSPS) is 17.3. The van der Waals surface area contributed by atoms with Gasteiger partial charge in [-0.1, -0.05) is 36.4 Å². The number of anilines is 1. The molecule has 0 bridgehead atoms. The summed E-state index contributed by atoms with van der Waals surface area (Å²) in [5.74, 6) is 0.310. The van der Waals surface area contributed by atoms with Crippen LogP contribution >= 0.6 is 0 Å². The van der Waals surface area contributed by atoms with Crippen molar-refractivity contribution in [1.29, 1.82) is 5.26 Å². The van der Waals surface area contributed by atoms with Gasteiger partial charge < -0.3 is 4.90 Å². The number of alkyl halides is 3. The number of pyridine rings is 1. The zero-order valence-corrected chi connectivity index (χ0v) is 12.9. The molecule has 1 aromatic carbocycles. The second kappa shape index (κ2) is 6.16. The fourth-order valence-corrected chi connectivity index (χ4v) is 3.10. The molecule has 0 atom stereocenters. The monoisotopic (exact) mass is 331 g/mol. The maximum atomic E-state index is 12.8. The van der Waals surface area contributed by atoms with Gasteiger partial charge in [-0.15, -0.1) is 0 Å². The summed E-state index contributed by atoms with van der Waals surface area (Å²) in [6.07, 6.45) is -3.33. The van der Waals surface area contributed by atoms with Gasteiger partial charge in [0.25, 0.3) is 0 Å². The van der Waals surface area contributed by atoms with E-state index in [1.807, 2.05) is 35.2 Å². The van der Waals surface area contributed by atoms with Crippen LogP contribution in [0.15, 0.2) is 48.5 Å². The summed E-state index contributed by atoms with van der Waals surface area (Å²) in [5, 5.41) is 9.67. The SMILES string of the molecule is N#CC1(c2ccccc2)CCN(c2cccc(C(F)(F)F)n2)CC1. The van der Waals surface area contributed by atoms with E-state index in [9.17, 15) is 18.4 Å². The smallest absolute Gasteiger partial charge is 0.356 e. The molecule has 2 aromatic rings. The third kappa shape index (κ3) is 3.07. The van der Waals surface area contributed by atoms with Gasteiger partial charge in [-0.05, 0) is 30.5 Å². The molecule has 1 aliphatic heterocycles. The van der Waals surface area contributed by atoms with Gasteiger partial charge in [0.15, 0.2) is 0 Å². The number of nitrogens with zero attached hydrogens (tertiary/aromatic N) is 3. The standard InChI is InChI=1S/C18H16F3N3/c19-18(20,21)15-7-4-8-16(23-15)24-11-9-17(13-22,10-12-24)14-5-2-1-3-6-14/h1-8H,9-12H2. The molecular weight excluding hydrogens is 315 g/mol. The molecule has 6 heteroatoms. The van der Waals surface area contributed by atoms with Gasteiger partial charge in [-0.2, -0.15) is 18.4 Å². The van der Waals surface area contributed by atoms with E-state index < -0.39 is 17.3 Å². The molecule has 0 aliphatic carbocycles. The highest BCUT2D eigenvalue weighted by Gasteiger charge is 2.37. The zero-order chi connectivity index (χ0) is 17.2. The molecule has 0 saturated carbocycles. The number of halogens is 3. The number of nitriles is 1. The van der Waals surface area contributed by atoms with Crippen molar-refractivity contribution in [1.82, 2.24) is 4.98 Å². The predicted molar refractivity (Wildman–Crippen MR) is 84.4 cm³/mol. The number of aromatic nitrogens is 1. The number of hydrogen-bond donors (Lipinski definition) is 0. The quantitative estimate of drug-likeness (QED) is 0.829. The highest BCUT2D eigenvalue weighted by molar-refractivity contribution is 5.43. The minimum atomic E-state index is -4.45. The fraction of sp³-hybridized carbons (Fsp3) is 0.333. The molecule has 0 amide bonds. The van der Waals surface area contributed by atoms with Crippen molar-refractivity contribution >= 4 is 5.82 Å². The Morgan fingerprint density at radius 1 is 1.00 bits per heavy atom. The van der Waals surface area contributed by atoms with Crippen molar-refractivity contribution < 1.29 is 13.2 Å². The second-order valence-corrected chi connectivity index (χ2v) is 5.93. The topological polar surface area (TPSA) is 39.9 Å². The Morgan fingerprint density at radius 3 is 2.25 bits per heavy atom. The number of benzene rings is 1. The molecule has 0 N–H and O–H groups in total. The van der Waals surface area contributed by atoms with Crippen LogP contribution in [0.5, 0.6) is 0 Å². The van der Waals surface area contributed by atoms with Crippen LogP contribution in [-0.2, 0) is 11.6 Å². The van der Waals surface area contributed by atoms with Crippen LogP contribution in [0.4, 0.5) is 19.0 Å². The van der Waals surface area contributed by atoms with Crippen molar-refractivity contribution in [2.24, 2.45) is 0 Å². The molecule has 2 heterocycles. The first-order valence-electron chi connectivity index (χ1n) is 7.71. The minimum absolute atomic E-state index is 0.310. The molecule has 1 aromatic heterocycles. The van der Waals surface area contributed by atoms with Crippen molar-refractivity contribution in [2.75, 3.05) is 18.0 Å². The average molecular weight is 331 g/mol. The second-order valence-electron chi connectivity index (χ2n) is 5.93. The highest BCUT2D eigenvalue weighted by Crippen LogP contribution is 2.36.